The molecule has 106 valence electrons. The largest absolute Gasteiger partial charge is 0.336 e. The number of nitrogens with one attached hydrogen (secondary N) is 1. The van der Waals surface area contributed by atoms with Crippen LogP contribution in [-0.2, 0) is 5.41 Å². The molecule has 1 aromatic heterocycles. The molecule has 1 atom stereocenters. The van der Waals surface area contributed by atoms with E-state index < -0.39 is 0 Å². The Labute approximate surface area is 114 Å². The van der Waals surface area contributed by atoms with E-state index in [1.807, 2.05) is 25.7 Å². The van der Waals surface area contributed by atoms with E-state index >= 15 is 0 Å². The lowest BCUT2D eigenvalue weighted by molar-refractivity contribution is 0.0772. The first-order valence-corrected chi connectivity index (χ1v) is 7.01. The van der Waals surface area contributed by atoms with Crippen LogP contribution in [0.5, 0.6) is 0 Å². The van der Waals surface area contributed by atoms with Gasteiger partial charge in [0.1, 0.15) is 5.82 Å². The fourth-order valence-corrected chi connectivity index (χ4v) is 2.35. The summed E-state index contributed by atoms with van der Waals surface area (Å²) in [6, 6.07) is 0. The van der Waals surface area contributed by atoms with Crippen LogP contribution in [0.15, 0.2) is 0 Å². The van der Waals surface area contributed by atoms with Crippen molar-refractivity contribution in [2.45, 2.75) is 46.5 Å². The van der Waals surface area contributed by atoms with E-state index in [4.69, 9.17) is 0 Å². The summed E-state index contributed by atoms with van der Waals surface area (Å²) in [4.78, 5) is 18.5. The maximum atomic E-state index is 12.3. The van der Waals surface area contributed by atoms with E-state index in [1.54, 1.807) is 0 Å². The van der Waals surface area contributed by atoms with E-state index in [0.29, 0.717) is 17.7 Å². The zero-order chi connectivity index (χ0) is 14.2. The van der Waals surface area contributed by atoms with E-state index in [-0.39, 0.29) is 11.3 Å². The second kappa shape index (κ2) is 4.94. The van der Waals surface area contributed by atoms with Crippen LogP contribution in [0, 0.1) is 11.8 Å². The van der Waals surface area contributed by atoms with E-state index in [2.05, 4.69) is 29.0 Å². The number of amides is 1. The van der Waals surface area contributed by atoms with E-state index in [9.17, 15) is 4.79 Å². The van der Waals surface area contributed by atoms with Crippen molar-refractivity contribution in [3.05, 3.63) is 11.6 Å². The predicted molar refractivity (Wildman–Crippen MR) is 73.9 cm³/mol. The van der Waals surface area contributed by atoms with E-state index in [0.717, 1.165) is 25.3 Å². The third-order valence-corrected chi connectivity index (χ3v) is 3.84. The summed E-state index contributed by atoms with van der Waals surface area (Å²) in [7, 11) is 0. The highest BCUT2D eigenvalue weighted by molar-refractivity contribution is 5.90. The zero-order valence-corrected chi connectivity index (χ0v) is 12.5. The summed E-state index contributed by atoms with van der Waals surface area (Å²) < 4.78 is 0. The van der Waals surface area contributed by atoms with Gasteiger partial charge in [-0.05, 0) is 18.3 Å². The quantitative estimate of drug-likeness (QED) is 0.891. The van der Waals surface area contributed by atoms with Gasteiger partial charge in [-0.2, -0.15) is 0 Å². The van der Waals surface area contributed by atoms with Gasteiger partial charge in [0.2, 0.25) is 5.82 Å². The minimum Gasteiger partial charge on any atom is -0.336 e. The first-order chi connectivity index (χ1) is 8.79. The molecule has 2 rings (SSSR count). The lowest BCUT2D eigenvalue weighted by atomic mass is 9.95. The van der Waals surface area contributed by atoms with Crippen LogP contribution in [0.3, 0.4) is 0 Å². The summed E-state index contributed by atoms with van der Waals surface area (Å²) in [5, 5.41) is 6.95. The molecule has 19 heavy (non-hydrogen) atoms. The topological polar surface area (TPSA) is 61.9 Å². The minimum atomic E-state index is -0.114. The highest BCUT2D eigenvalue weighted by Gasteiger charge is 2.31. The van der Waals surface area contributed by atoms with Crippen LogP contribution in [-0.4, -0.2) is 39.1 Å². The van der Waals surface area contributed by atoms with Gasteiger partial charge in [0.05, 0.1) is 0 Å². The normalized spacial score (nSPS) is 20.3. The lowest BCUT2D eigenvalue weighted by Crippen LogP contribution is -2.30. The summed E-state index contributed by atoms with van der Waals surface area (Å²) >= 11 is 0. The monoisotopic (exact) mass is 264 g/mol. The highest BCUT2D eigenvalue weighted by atomic mass is 16.2. The Bertz CT molecular complexity index is 458. The average molecular weight is 264 g/mol. The van der Waals surface area contributed by atoms with Crippen molar-refractivity contribution in [1.82, 2.24) is 20.1 Å². The van der Waals surface area contributed by atoms with Gasteiger partial charge in [-0.3, -0.25) is 9.89 Å². The molecule has 0 aliphatic carbocycles. The second-order valence-electron chi connectivity index (χ2n) is 6.80. The molecular formula is C14H24N4O. The third kappa shape index (κ3) is 2.96. The van der Waals surface area contributed by atoms with Gasteiger partial charge in [-0.1, -0.05) is 34.6 Å². The molecule has 1 aliphatic rings. The molecule has 0 radical (unpaired) electrons. The molecule has 1 amide bonds. The zero-order valence-electron chi connectivity index (χ0n) is 12.5. The molecule has 5 nitrogen and oxygen atoms in total. The average Bonchev–Trinajstić information content (AvgIpc) is 2.97. The summed E-state index contributed by atoms with van der Waals surface area (Å²) in [5.74, 6) is 2.24. The fraction of sp³-hybridized carbons (Fsp3) is 0.786. The Kier molecular flexibility index (Phi) is 3.65. The summed E-state index contributed by atoms with van der Waals surface area (Å²) in [6.45, 7) is 12.2. The molecule has 1 aromatic rings. The minimum absolute atomic E-state index is 0.0464. The van der Waals surface area contributed by atoms with Crippen molar-refractivity contribution < 1.29 is 4.79 Å². The van der Waals surface area contributed by atoms with Crippen molar-refractivity contribution >= 4 is 5.91 Å². The van der Waals surface area contributed by atoms with E-state index in [1.165, 1.54) is 0 Å². The first kappa shape index (κ1) is 14.0. The number of aromatic amines is 1. The number of hydrogen-bond donors (Lipinski definition) is 1. The van der Waals surface area contributed by atoms with Crippen LogP contribution in [0.1, 0.15) is 57.5 Å². The van der Waals surface area contributed by atoms with Crippen LogP contribution in [0.2, 0.25) is 0 Å². The Balaban J connectivity index is 2.07. The van der Waals surface area contributed by atoms with Crippen molar-refractivity contribution in [3.8, 4) is 0 Å². The molecule has 2 heterocycles. The van der Waals surface area contributed by atoms with Gasteiger partial charge in [-0.25, -0.2) is 4.98 Å². The Hall–Kier alpha value is -1.39. The third-order valence-electron chi connectivity index (χ3n) is 3.84. The highest BCUT2D eigenvalue weighted by Crippen LogP contribution is 2.25. The number of hydrogen-bond acceptors (Lipinski definition) is 3. The number of carbonyl (C=O) groups is 1. The summed E-state index contributed by atoms with van der Waals surface area (Å²) in [6.07, 6.45) is 1.08. The standard InChI is InChI=1S/C14H24N4O/c1-9(2)10-6-7-18(8-10)12(19)11-15-13(17-16-11)14(3,4)5/h9-10H,6-8H2,1-5H3,(H,15,16,17). The van der Waals surface area contributed by atoms with Crippen molar-refractivity contribution in [2.24, 2.45) is 11.8 Å². The van der Waals surface area contributed by atoms with Gasteiger partial charge in [0.15, 0.2) is 0 Å². The van der Waals surface area contributed by atoms with Crippen molar-refractivity contribution in [2.75, 3.05) is 13.1 Å². The maximum Gasteiger partial charge on any atom is 0.293 e. The molecule has 1 saturated heterocycles. The SMILES string of the molecule is CC(C)C1CCN(C(=O)c2n[nH]c(C(C)(C)C)n2)C1. The molecule has 1 unspecified atom stereocenters. The van der Waals surface area contributed by atoms with Gasteiger partial charge < -0.3 is 4.90 Å². The number of nitrogens with zero attached hydrogens (tertiary/aromatic N) is 3. The molecule has 1 fully saturated rings. The molecule has 5 heteroatoms. The number of aromatic nitrogens is 3. The van der Waals surface area contributed by atoms with Crippen LogP contribution in [0.4, 0.5) is 0 Å². The second-order valence-corrected chi connectivity index (χ2v) is 6.80. The Morgan fingerprint density at radius 1 is 1.42 bits per heavy atom. The van der Waals surface area contributed by atoms with Crippen LogP contribution < -0.4 is 0 Å². The Morgan fingerprint density at radius 3 is 2.58 bits per heavy atom. The van der Waals surface area contributed by atoms with Gasteiger partial charge in [0, 0.05) is 18.5 Å². The van der Waals surface area contributed by atoms with Gasteiger partial charge in [-0.15, -0.1) is 5.10 Å². The van der Waals surface area contributed by atoms with Crippen LogP contribution in [0.25, 0.3) is 0 Å². The maximum absolute atomic E-state index is 12.3. The number of carbonyl (C=O) groups excluding carboxylic acids is 1. The lowest BCUT2D eigenvalue weighted by Gasteiger charge is -2.16. The predicted octanol–water partition coefficient (Wildman–Crippen LogP) is 2.22. The molecule has 1 aliphatic heterocycles. The number of likely N-dealkylation sites (tertiary alicyclic amines) is 1. The van der Waals surface area contributed by atoms with Crippen LogP contribution >= 0.6 is 0 Å². The molecule has 0 aromatic carbocycles. The van der Waals surface area contributed by atoms with Crippen molar-refractivity contribution in [3.63, 3.8) is 0 Å². The molecule has 0 saturated carbocycles. The van der Waals surface area contributed by atoms with Crippen molar-refractivity contribution in [1.29, 1.82) is 0 Å². The molecular weight excluding hydrogens is 240 g/mol. The molecule has 0 spiro atoms. The first-order valence-electron chi connectivity index (χ1n) is 7.01. The smallest absolute Gasteiger partial charge is 0.293 e. The summed E-state index contributed by atoms with van der Waals surface area (Å²) in [5.41, 5.74) is -0.114. The fourth-order valence-electron chi connectivity index (χ4n) is 2.35. The molecule has 1 N–H and O–H groups in total. The number of H-pyrrole nitrogens is 1. The number of rotatable bonds is 2. The Morgan fingerprint density at radius 2 is 2.11 bits per heavy atom. The van der Waals surface area contributed by atoms with Gasteiger partial charge >= 0.3 is 0 Å². The van der Waals surface area contributed by atoms with Gasteiger partial charge in [0.25, 0.3) is 5.91 Å². The molecule has 0 bridgehead atoms.